The van der Waals surface area contributed by atoms with Crippen LogP contribution in [0.25, 0.3) is 10.9 Å². The molecule has 1 saturated carbocycles. The van der Waals surface area contributed by atoms with Crippen molar-refractivity contribution in [3.8, 4) is 11.8 Å². The molecule has 0 spiro atoms. The summed E-state index contributed by atoms with van der Waals surface area (Å²) in [6.07, 6.45) is 0.239. The van der Waals surface area contributed by atoms with E-state index in [4.69, 9.17) is 4.74 Å². The lowest BCUT2D eigenvalue weighted by molar-refractivity contribution is -0.163. The lowest BCUT2D eigenvalue weighted by Gasteiger charge is -2.63. The van der Waals surface area contributed by atoms with Crippen LogP contribution in [-0.2, 0) is 16.1 Å². The van der Waals surface area contributed by atoms with Crippen LogP contribution >= 0.6 is 0 Å². The van der Waals surface area contributed by atoms with E-state index in [0.29, 0.717) is 52.4 Å². The number of aromatic nitrogens is 1. The number of nitriles is 1. The number of piperidine rings is 1. The van der Waals surface area contributed by atoms with E-state index in [1.54, 1.807) is 35.2 Å². The zero-order valence-corrected chi connectivity index (χ0v) is 34.7. The number of anilines is 2. The minimum atomic E-state index is -0.633. The average molecular weight is 829 g/mol. The normalized spacial score (nSPS) is 23.5. The molecule has 14 nitrogen and oxygen atoms in total. The fourth-order valence-electron chi connectivity index (χ4n) is 10.7. The van der Waals surface area contributed by atoms with Crippen LogP contribution in [0.15, 0.2) is 65.5 Å². The molecule has 5 heterocycles. The number of hydrogen-bond donors (Lipinski definition) is 3. The van der Waals surface area contributed by atoms with Gasteiger partial charge in [0.2, 0.25) is 17.4 Å². The van der Waals surface area contributed by atoms with Crippen molar-refractivity contribution in [1.82, 2.24) is 25.4 Å². The number of H-pyrrole nitrogens is 1. The molecule has 0 bridgehead atoms. The van der Waals surface area contributed by atoms with E-state index in [0.717, 1.165) is 57.1 Å². The van der Waals surface area contributed by atoms with E-state index in [9.17, 15) is 29.2 Å². The molecular formula is C46H49FN8O6. The van der Waals surface area contributed by atoms with Crippen molar-refractivity contribution in [2.75, 3.05) is 55.6 Å². The number of hydrogen-bond acceptors (Lipinski definition) is 10. The highest BCUT2D eigenvalue weighted by Crippen LogP contribution is 2.56. The van der Waals surface area contributed by atoms with Gasteiger partial charge >= 0.3 is 0 Å². The SMILES string of the molecule is CC1(C)C(NC(=O)c2ccc(N3CC(CN4CCN(c5ccc6c(c5)CN([C@H]5CCC(=O)NC5=O)C6=O)CC4)C3)c(F)c2)C(C)(C)C1Oc1ccc(C#N)c2[nH]c(=O)ccc12. The summed E-state index contributed by atoms with van der Waals surface area (Å²) in [6.45, 7) is 14.2. The number of piperazine rings is 1. The Morgan fingerprint density at radius 2 is 1.69 bits per heavy atom. The average Bonchev–Trinajstić information content (AvgIpc) is 3.54. The zero-order valence-electron chi connectivity index (χ0n) is 34.7. The fourth-order valence-corrected chi connectivity index (χ4v) is 10.7. The standard InChI is InChI=1S/C46H49FN8O6/c1-45(2)43(46(3,4)44(45)61-36-12-6-28(21-48)39-32(36)9-13-37(56)49-39)51-40(58)27-5-10-34(33(47)20-27)54-23-26(24-54)22-52-15-17-53(18-16-52)30-7-8-31-29(19-30)25-55(42(31)60)35-11-14-38(57)50-41(35)59/h5-10,12-13,19-20,26,35,43-44H,11,14-18,22-25H2,1-4H3,(H,49,56)(H,51,58)(H,50,57,59)/t35-,43?,44?/m0/s1. The lowest BCUT2D eigenvalue weighted by atomic mass is 9.49. The third-order valence-electron chi connectivity index (χ3n) is 13.6. The molecule has 15 heteroatoms. The fraction of sp³-hybridized carbons (Fsp3) is 0.435. The maximum atomic E-state index is 15.6. The number of carbonyl (C=O) groups is 4. The van der Waals surface area contributed by atoms with Gasteiger partial charge in [0, 0.05) is 110 Å². The number of carbonyl (C=O) groups excluding carboxylic acids is 4. The highest BCUT2D eigenvalue weighted by Gasteiger charge is 2.64. The summed E-state index contributed by atoms with van der Waals surface area (Å²) in [5.41, 5.74) is 2.71. The lowest BCUT2D eigenvalue weighted by Crippen LogP contribution is -2.74. The van der Waals surface area contributed by atoms with Gasteiger partial charge in [-0.2, -0.15) is 5.26 Å². The molecule has 3 saturated heterocycles. The van der Waals surface area contributed by atoms with Gasteiger partial charge in [0.05, 0.1) is 16.8 Å². The number of amides is 4. The molecule has 4 fully saturated rings. The molecule has 4 amide bonds. The number of pyridine rings is 1. The van der Waals surface area contributed by atoms with E-state index < -0.39 is 28.6 Å². The molecule has 1 aromatic heterocycles. The first-order chi connectivity index (χ1) is 29.1. The summed E-state index contributed by atoms with van der Waals surface area (Å²) >= 11 is 0. The number of nitrogens with zero attached hydrogens (tertiary/aromatic N) is 5. The molecule has 4 aliphatic heterocycles. The Hall–Kier alpha value is -6.27. The van der Waals surface area contributed by atoms with E-state index in [1.807, 2.05) is 44.7 Å². The van der Waals surface area contributed by atoms with Gasteiger partial charge in [-0.1, -0.05) is 27.7 Å². The van der Waals surface area contributed by atoms with Gasteiger partial charge in [-0.05, 0) is 66.6 Å². The number of nitrogens with one attached hydrogen (secondary N) is 3. The van der Waals surface area contributed by atoms with Crippen LogP contribution in [0, 0.1) is 33.9 Å². The van der Waals surface area contributed by atoms with Crippen LogP contribution in [0.1, 0.15) is 72.4 Å². The first-order valence-corrected chi connectivity index (χ1v) is 21.0. The van der Waals surface area contributed by atoms with Crippen LogP contribution in [0.5, 0.6) is 5.75 Å². The third-order valence-corrected chi connectivity index (χ3v) is 13.6. The van der Waals surface area contributed by atoms with E-state index >= 15 is 4.39 Å². The second-order valence-electron chi connectivity index (χ2n) is 18.3. The van der Waals surface area contributed by atoms with Gasteiger partial charge < -0.3 is 29.7 Å². The number of halogens is 1. The van der Waals surface area contributed by atoms with Crippen molar-refractivity contribution in [2.24, 2.45) is 16.7 Å². The van der Waals surface area contributed by atoms with E-state index in [1.165, 1.54) is 12.1 Å². The largest absolute Gasteiger partial charge is 0.488 e. The van der Waals surface area contributed by atoms with Gasteiger partial charge in [0.1, 0.15) is 29.8 Å². The van der Waals surface area contributed by atoms with Gasteiger partial charge in [-0.25, -0.2) is 4.39 Å². The molecule has 5 aliphatic rings. The molecule has 0 radical (unpaired) electrons. The Kier molecular flexibility index (Phi) is 9.89. The number of aromatic amines is 1. The van der Waals surface area contributed by atoms with Crippen LogP contribution in [0.2, 0.25) is 0 Å². The second kappa shape index (κ2) is 15.0. The number of benzene rings is 3. The maximum absolute atomic E-state index is 15.6. The highest BCUT2D eigenvalue weighted by molar-refractivity contribution is 6.05. The summed E-state index contributed by atoms with van der Waals surface area (Å²) < 4.78 is 22.2. The molecule has 4 aromatic rings. The molecule has 316 valence electrons. The van der Waals surface area contributed by atoms with Crippen molar-refractivity contribution in [3.05, 3.63) is 99.1 Å². The Morgan fingerprint density at radius 3 is 2.39 bits per heavy atom. The molecule has 61 heavy (non-hydrogen) atoms. The topological polar surface area (TPSA) is 171 Å². The Bertz CT molecular complexity index is 2570. The zero-order chi connectivity index (χ0) is 43.0. The van der Waals surface area contributed by atoms with Crippen molar-refractivity contribution in [3.63, 3.8) is 0 Å². The Labute approximate surface area is 352 Å². The Morgan fingerprint density at radius 1 is 0.934 bits per heavy atom. The second-order valence-corrected chi connectivity index (χ2v) is 18.3. The highest BCUT2D eigenvalue weighted by atomic mass is 19.1. The monoisotopic (exact) mass is 828 g/mol. The summed E-state index contributed by atoms with van der Waals surface area (Å²) in [4.78, 5) is 73.9. The van der Waals surface area contributed by atoms with E-state index in [-0.39, 0.29) is 47.4 Å². The summed E-state index contributed by atoms with van der Waals surface area (Å²) in [6, 6.07) is 18.2. The number of imide groups is 1. The molecular weight excluding hydrogens is 780 g/mol. The number of fused-ring (bicyclic) bond motifs is 2. The minimum Gasteiger partial charge on any atom is -0.488 e. The van der Waals surface area contributed by atoms with Crippen LogP contribution in [-0.4, -0.2) is 102 Å². The number of rotatable bonds is 9. The Balaban J connectivity index is 0.755. The van der Waals surface area contributed by atoms with Crippen molar-refractivity contribution >= 4 is 45.9 Å². The third kappa shape index (κ3) is 7.06. The van der Waals surface area contributed by atoms with Crippen molar-refractivity contribution in [1.29, 1.82) is 5.26 Å². The first-order valence-electron chi connectivity index (χ1n) is 21.0. The molecule has 1 atom stereocenters. The molecule has 3 N–H and O–H groups in total. The maximum Gasteiger partial charge on any atom is 0.255 e. The molecule has 3 aromatic carbocycles. The van der Waals surface area contributed by atoms with Gasteiger partial charge in [0.25, 0.3) is 11.8 Å². The summed E-state index contributed by atoms with van der Waals surface area (Å²) in [5, 5.41) is 15.7. The quantitative estimate of drug-likeness (QED) is 0.208. The predicted octanol–water partition coefficient (Wildman–Crippen LogP) is 4.17. The smallest absolute Gasteiger partial charge is 0.255 e. The van der Waals surface area contributed by atoms with Crippen LogP contribution in [0.3, 0.4) is 0 Å². The van der Waals surface area contributed by atoms with Crippen LogP contribution in [0.4, 0.5) is 15.8 Å². The van der Waals surface area contributed by atoms with Gasteiger partial charge in [-0.15, -0.1) is 0 Å². The molecule has 1 aliphatic carbocycles. The van der Waals surface area contributed by atoms with E-state index in [2.05, 4.69) is 37.6 Å². The van der Waals surface area contributed by atoms with Crippen molar-refractivity contribution in [2.45, 2.75) is 65.3 Å². The van der Waals surface area contributed by atoms with Crippen molar-refractivity contribution < 1.29 is 28.3 Å². The van der Waals surface area contributed by atoms with Crippen LogP contribution < -0.4 is 30.7 Å². The van der Waals surface area contributed by atoms with Gasteiger partial charge in [-0.3, -0.25) is 34.2 Å². The van der Waals surface area contributed by atoms with Gasteiger partial charge in [0.15, 0.2) is 0 Å². The number of ether oxygens (including phenoxy) is 1. The predicted molar refractivity (Wildman–Crippen MR) is 226 cm³/mol. The summed E-state index contributed by atoms with van der Waals surface area (Å²) in [7, 11) is 0. The summed E-state index contributed by atoms with van der Waals surface area (Å²) in [5.74, 6) is -0.760. The minimum absolute atomic E-state index is 0.173. The molecule has 9 rings (SSSR count). The molecule has 0 unspecified atom stereocenters. The first kappa shape index (κ1) is 40.2.